The van der Waals surface area contributed by atoms with E-state index in [1.807, 2.05) is 0 Å². The van der Waals surface area contributed by atoms with Crippen LogP contribution >= 0.6 is 0 Å². The van der Waals surface area contributed by atoms with Crippen LogP contribution in [0.25, 0.3) is 0 Å². The van der Waals surface area contributed by atoms with Crippen molar-refractivity contribution in [2.24, 2.45) is 11.7 Å². The molecule has 0 saturated heterocycles. The van der Waals surface area contributed by atoms with Crippen LogP contribution in [-0.4, -0.2) is 28.5 Å². The number of nitrogens with two attached hydrogens (primary N) is 1. The zero-order chi connectivity index (χ0) is 11.3. The quantitative estimate of drug-likeness (QED) is 0.749. The molecule has 5 heteroatoms. The summed E-state index contributed by atoms with van der Waals surface area (Å²) in [5.41, 5.74) is 5.60. The molecule has 1 rings (SSSR count). The van der Waals surface area contributed by atoms with Gasteiger partial charge >= 0.3 is 0 Å². The fourth-order valence-corrected chi connectivity index (χ4v) is 1.48. The highest BCUT2D eigenvalue weighted by atomic mass is 16.5. The molecule has 0 fully saturated rings. The van der Waals surface area contributed by atoms with E-state index in [0.717, 1.165) is 24.6 Å². The number of methoxy groups -OCH3 is 1. The molecule has 5 nitrogen and oxygen atoms in total. The largest absolute Gasteiger partial charge is 0.383 e. The molecule has 1 aromatic heterocycles. The topological polar surface area (TPSA) is 66.0 Å². The fraction of sp³-hybridized carbons (Fsp3) is 0.800. The van der Waals surface area contributed by atoms with Crippen LogP contribution in [0.2, 0.25) is 0 Å². The van der Waals surface area contributed by atoms with Gasteiger partial charge in [0.25, 0.3) is 0 Å². The lowest BCUT2D eigenvalue weighted by atomic mass is 10.1. The molecule has 15 heavy (non-hydrogen) atoms. The van der Waals surface area contributed by atoms with E-state index < -0.39 is 0 Å². The molecule has 0 aliphatic rings. The molecular formula is C10H20N4O. The average molecular weight is 212 g/mol. The van der Waals surface area contributed by atoms with Gasteiger partial charge in [0.1, 0.15) is 11.6 Å². The first-order chi connectivity index (χ1) is 7.19. The monoisotopic (exact) mass is 212 g/mol. The van der Waals surface area contributed by atoms with Crippen molar-refractivity contribution in [2.45, 2.75) is 33.4 Å². The van der Waals surface area contributed by atoms with Crippen molar-refractivity contribution in [3.63, 3.8) is 0 Å². The SMILES string of the molecule is COCCn1c(CN)nnc1CC(C)C. The van der Waals surface area contributed by atoms with E-state index in [-0.39, 0.29) is 0 Å². The summed E-state index contributed by atoms with van der Waals surface area (Å²) in [6, 6.07) is 0. The summed E-state index contributed by atoms with van der Waals surface area (Å²) in [6.45, 7) is 6.19. The summed E-state index contributed by atoms with van der Waals surface area (Å²) < 4.78 is 7.12. The first kappa shape index (κ1) is 12.1. The normalized spacial score (nSPS) is 11.3. The summed E-state index contributed by atoms with van der Waals surface area (Å²) in [5, 5.41) is 8.23. The van der Waals surface area contributed by atoms with Gasteiger partial charge in [-0.25, -0.2) is 0 Å². The van der Waals surface area contributed by atoms with Crippen molar-refractivity contribution in [2.75, 3.05) is 13.7 Å². The van der Waals surface area contributed by atoms with E-state index in [9.17, 15) is 0 Å². The predicted molar refractivity (Wildman–Crippen MR) is 58.3 cm³/mol. The molecule has 0 atom stereocenters. The number of hydrogen-bond donors (Lipinski definition) is 1. The molecule has 0 amide bonds. The highest BCUT2D eigenvalue weighted by Crippen LogP contribution is 2.08. The molecule has 0 aliphatic heterocycles. The van der Waals surface area contributed by atoms with Crippen LogP contribution in [0.15, 0.2) is 0 Å². The van der Waals surface area contributed by atoms with Crippen molar-refractivity contribution in [1.29, 1.82) is 0 Å². The zero-order valence-corrected chi connectivity index (χ0v) is 9.73. The molecular weight excluding hydrogens is 192 g/mol. The van der Waals surface area contributed by atoms with Gasteiger partial charge in [0.05, 0.1) is 13.2 Å². The number of ether oxygens (including phenoxy) is 1. The van der Waals surface area contributed by atoms with Crippen molar-refractivity contribution in [3.8, 4) is 0 Å². The zero-order valence-electron chi connectivity index (χ0n) is 9.73. The van der Waals surface area contributed by atoms with Crippen LogP contribution in [0.3, 0.4) is 0 Å². The van der Waals surface area contributed by atoms with Gasteiger partial charge in [0.2, 0.25) is 0 Å². The standard InChI is InChI=1S/C10H20N4O/c1-8(2)6-9-12-13-10(7-11)14(9)4-5-15-3/h8H,4-7,11H2,1-3H3. The van der Waals surface area contributed by atoms with Gasteiger partial charge in [0, 0.05) is 20.1 Å². The maximum atomic E-state index is 5.60. The maximum Gasteiger partial charge on any atom is 0.146 e. The summed E-state index contributed by atoms with van der Waals surface area (Å²) in [4.78, 5) is 0. The minimum atomic E-state index is 0.425. The van der Waals surface area contributed by atoms with E-state index in [2.05, 4.69) is 28.6 Å². The van der Waals surface area contributed by atoms with Gasteiger partial charge in [-0.05, 0) is 5.92 Å². The molecule has 1 heterocycles. The van der Waals surface area contributed by atoms with Gasteiger partial charge in [-0.3, -0.25) is 0 Å². The molecule has 0 aromatic carbocycles. The number of rotatable bonds is 6. The lowest BCUT2D eigenvalue weighted by Crippen LogP contribution is -2.15. The Morgan fingerprint density at radius 3 is 2.53 bits per heavy atom. The first-order valence-electron chi connectivity index (χ1n) is 5.29. The molecule has 0 saturated carbocycles. The Labute approximate surface area is 90.6 Å². The molecule has 1 aromatic rings. The lowest BCUT2D eigenvalue weighted by Gasteiger charge is -2.10. The van der Waals surface area contributed by atoms with Crippen LogP contribution in [0, 0.1) is 5.92 Å². The number of nitrogens with zero attached hydrogens (tertiary/aromatic N) is 3. The Balaban J connectivity index is 2.79. The first-order valence-corrected chi connectivity index (χ1v) is 5.29. The Bertz CT molecular complexity index is 296. The van der Waals surface area contributed by atoms with E-state index in [0.29, 0.717) is 19.1 Å². The second kappa shape index (κ2) is 5.82. The molecule has 0 spiro atoms. The Hall–Kier alpha value is -0.940. The average Bonchev–Trinajstić information content (AvgIpc) is 2.56. The van der Waals surface area contributed by atoms with Gasteiger partial charge in [-0.2, -0.15) is 0 Å². The highest BCUT2D eigenvalue weighted by Gasteiger charge is 2.11. The second-order valence-corrected chi connectivity index (χ2v) is 3.98. The molecule has 0 bridgehead atoms. The minimum Gasteiger partial charge on any atom is -0.383 e. The van der Waals surface area contributed by atoms with Gasteiger partial charge in [-0.15, -0.1) is 10.2 Å². The van der Waals surface area contributed by atoms with Crippen LogP contribution in [-0.2, 0) is 24.2 Å². The van der Waals surface area contributed by atoms with Gasteiger partial charge in [-0.1, -0.05) is 13.8 Å². The third-order valence-electron chi connectivity index (χ3n) is 2.20. The Morgan fingerprint density at radius 2 is 2.00 bits per heavy atom. The lowest BCUT2D eigenvalue weighted by molar-refractivity contribution is 0.185. The Kier molecular flexibility index (Phi) is 4.71. The molecule has 0 radical (unpaired) electrons. The van der Waals surface area contributed by atoms with Crippen LogP contribution in [0.1, 0.15) is 25.5 Å². The van der Waals surface area contributed by atoms with Crippen molar-refractivity contribution in [1.82, 2.24) is 14.8 Å². The number of hydrogen-bond acceptors (Lipinski definition) is 4. The summed E-state index contributed by atoms with van der Waals surface area (Å²) in [7, 11) is 1.69. The van der Waals surface area contributed by atoms with Crippen molar-refractivity contribution >= 4 is 0 Å². The predicted octanol–water partition coefficient (Wildman–Crippen LogP) is 0.582. The second-order valence-electron chi connectivity index (χ2n) is 3.98. The van der Waals surface area contributed by atoms with Crippen LogP contribution in [0.5, 0.6) is 0 Å². The van der Waals surface area contributed by atoms with Crippen molar-refractivity contribution in [3.05, 3.63) is 11.6 Å². The molecule has 0 aliphatic carbocycles. The van der Waals surface area contributed by atoms with Crippen LogP contribution < -0.4 is 5.73 Å². The van der Waals surface area contributed by atoms with Gasteiger partial charge < -0.3 is 15.0 Å². The maximum absolute atomic E-state index is 5.60. The van der Waals surface area contributed by atoms with E-state index in [1.54, 1.807) is 7.11 Å². The summed E-state index contributed by atoms with van der Waals surface area (Å²) in [6.07, 6.45) is 0.927. The van der Waals surface area contributed by atoms with E-state index in [4.69, 9.17) is 10.5 Å². The van der Waals surface area contributed by atoms with Crippen molar-refractivity contribution < 1.29 is 4.74 Å². The fourth-order valence-electron chi connectivity index (χ4n) is 1.48. The Morgan fingerprint density at radius 1 is 1.33 bits per heavy atom. The third-order valence-corrected chi connectivity index (χ3v) is 2.20. The van der Waals surface area contributed by atoms with Gasteiger partial charge in [0.15, 0.2) is 0 Å². The summed E-state index contributed by atoms with van der Waals surface area (Å²) in [5.74, 6) is 2.41. The smallest absolute Gasteiger partial charge is 0.146 e. The number of aromatic nitrogens is 3. The highest BCUT2D eigenvalue weighted by molar-refractivity contribution is 4.96. The van der Waals surface area contributed by atoms with E-state index >= 15 is 0 Å². The third kappa shape index (κ3) is 3.28. The molecule has 0 unspecified atom stereocenters. The minimum absolute atomic E-state index is 0.425. The van der Waals surface area contributed by atoms with Crippen LogP contribution in [0.4, 0.5) is 0 Å². The molecule has 86 valence electrons. The molecule has 2 N–H and O–H groups in total. The van der Waals surface area contributed by atoms with E-state index in [1.165, 1.54) is 0 Å². The summed E-state index contributed by atoms with van der Waals surface area (Å²) >= 11 is 0.